The van der Waals surface area contributed by atoms with Crippen LogP contribution in [0.1, 0.15) is 42.0 Å². The van der Waals surface area contributed by atoms with Crippen molar-refractivity contribution >= 4 is 21.4 Å². The summed E-state index contributed by atoms with van der Waals surface area (Å²) in [7, 11) is -1.88. The molecule has 116 valence electrons. The summed E-state index contributed by atoms with van der Waals surface area (Å²) in [6.45, 7) is 7.27. The molecule has 0 aliphatic heterocycles. The van der Waals surface area contributed by atoms with Crippen LogP contribution in [0.3, 0.4) is 0 Å². The molecule has 2 aromatic rings. The Labute approximate surface area is 129 Å². The van der Waals surface area contributed by atoms with Crippen LogP contribution in [0.2, 0.25) is 0 Å². The van der Waals surface area contributed by atoms with E-state index in [0.29, 0.717) is 11.4 Å². The van der Waals surface area contributed by atoms with Crippen molar-refractivity contribution in [2.45, 2.75) is 45.1 Å². The summed E-state index contributed by atoms with van der Waals surface area (Å²) in [5, 5.41) is 6.89. The van der Waals surface area contributed by atoms with Crippen LogP contribution in [0.25, 0.3) is 0 Å². The highest BCUT2D eigenvalue weighted by molar-refractivity contribution is 7.89. The molecule has 0 amide bonds. The predicted octanol–water partition coefficient (Wildman–Crippen LogP) is 2.10. The maximum absolute atomic E-state index is 12.6. The van der Waals surface area contributed by atoms with Crippen molar-refractivity contribution in [2.75, 3.05) is 0 Å². The Morgan fingerprint density at radius 1 is 1.43 bits per heavy atom. The normalized spacial score (nSPS) is 13.6. The maximum Gasteiger partial charge on any atom is 0.244 e. The van der Waals surface area contributed by atoms with Crippen molar-refractivity contribution in [1.82, 2.24) is 19.5 Å². The minimum atomic E-state index is -3.61. The molecule has 2 heterocycles. The molecule has 0 fully saturated rings. The molecule has 0 aliphatic carbocycles. The van der Waals surface area contributed by atoms with Crippen LogP contribution in [-0.2, 0) is 23.5 Å². The number of aryl methyl sites for hydroxylation is 3. The molecule has 0 spiro atoms. The van der Waals surface area contributed by atoms with Gasteiger partial charge in [-0.2, -0.15) is 5.10 Å². The zero-order valence-corrected chi connectivity index (χ0v) is 14.5. The molecule has 1 unspecified atom stereocenters. The molecule has 8 heteroatoms. The second-order valence-corrected chi connectivity index (χ2v) is 7.54. The van der Waals surface area contributed by atoms with Gasteiger partial charge in [0.2, 0.25) is 10.0 Å². The number of nitrogens with one attached hydrogen (secondary N) is 1. The first-order chi connectivity index (χ1) is 9.76. The quantitative estimate of drug-likeness (QED) is 0.912. The largest absolute Gasteiger partial charge is 0.271 e. The van der Waals surface area contributed by atoms with E-state index in [0.717, 1.165) is 17.1 Å². The highest BCUT2D eigenvalue weighted by Gasteiger charge is 2.26. The number of aromatic nitrogens is 3. The summed E-state index contributed by atoms with van der Waals surface area (Å²) < 4.78 is 29.4. The summed E-state index contributed by atoms with van der Waals surface area (Å²) in [5.74, 6) is 0. The van der Waals surface area contributed by atoms with Gasteiger partial charge in [-0.25, -0.2) is 18.1 Å². The van der Waals surface area contributed by atoms with E-state index in [-0.39, 0.29) is 10.9 Å². The van der Waals surface area contributed by atoms with E-state index in [1.54, 1.807) is 32.5 Å². The molecule has 2 aromatic heterocycles. The fraction of sp³-hybridized carbons (Fsp3) is 0.538. The Morgan fingerprint density at radius 2 is 2.10 bits per heavy atom. The molecule has 21 heavy (non-hydrogen) atoms. The van der Waals surface area contributed by atoms with Crippen molar-refractivity contribution in [3.05, 3.63) is 27.5 Å². The minimum Gasteiger partial charge on any atom is -0.271 e. The molecule has 6 nitrogen and oxygen atoms in total. The molecule has 0 aliphatic rings. The topological polar surface area (TPSA) is 76.9 Å². The van der Waals surface area contributed by atoms with Crippen LogP contribution in [-0.4, -0.2) is 23.2 Å². The van der Waals surface area contributed by atoms with Gasteiger partial charge in [-0.05, 0) is 27.2 Å². The van der Waals surface area contributed by atoms with Crippen LogP contribution in [0.4, 0.5) is 0 Å². The van der Waals surface area contributed by atoms with Crippen LogP contribution < -0.4 is 4.72 Å². The monoisotopic (exact) mass is 328 g/mol. The first-order valence-corrected chi connectivity index (χ1v) is 9.09. The Morgan fingerprint density at radius 3 is 2.57 bits per heavy atom. The Bertz CT molecular complexity index is 746. The number of hydrogen-bond donors (Lipinski definition) is 1. The van der Waals surface area contributed by atoms with Gasteiger partial charge in [-0.15, -0.1) is 11.3 Å². The van der Waals surface area contributed by atoms with Crippen LogP contribution in [0.5, 0.6) is 0 Å². The number of hydrogen-bond acceptors (Lipinski definition) is 5. The zero-order chi connectivity index (χ0) is 15.8. The van der Waals surface area contributed by atoms with E-state index < -0.39 is 10.0 Å². The third-order valence-corrected chi connectivity index (χ3v) is 6.21. The van der Waals surface area contributed by atoms with Gasteiger partial charge in [0, 0.05) is 12.4 Å². The molecule has 0 saturated carbocycles. The fourth-order valence-corrected chi connectivity index (χ4v) is 4.80. The summed E-state index contributed by atoms with van der Waals surface area (Å²) in [6.07, 6.45) is 0.844. The highest BCUT2D eigenvalue weighted by atomic mass is 32.2. The number of rotatable bonds is 5. The second-order valence-electron chi connectivity index (χ2n) is 5.00. The highest BCUT2D eigenvalue weighted by Crippen LogP contribution is 2.23. The van der Waals surface area contributed by atoms with Gasteiger partial charge >= 0.3 is 0 Å². The lowest BCUT2D eigenvalue weighted by Gasteiger charge is -2.12. The molecular weight excluding hydrogens is 308 g/mol. The van der Waals surface area contributed by atoms with Gasteiger partial charge in [0.25, 0.3) is 0 Å². The molecule has 2 rings (SSSR count). The van der Waals surface area contributed by atoms with Crippen molar-refractivity contribution in [1.29, 1.82) is 0 Å². The van der Waals surface area contributed by atoms with Crippen LogP contribution in [0.15, 0.2) is 10.3 Å². The number of sulfonamides is 1. The summed E-state index contributed by atoms with van der Waals surface area (Å²) in [5.41, 5.74) is 2.11. The smallest absolute Gasteiger partial charge is 0.244 e. The third kappa shape index (κ3) is 3.17. The lowest BCUT2D eigenvalue weighted by molar-refractivity contribution is 0.564. The van der Waals surface area contributed by atoms with Gasteiger partial charge in [0.15, 0.2) is 0 Å². The average molecular weight is 328 g/mol. The van der Waals surface area contributed by atoms with Gasteiger partial charge in [0.05, 0.1) is 23.1 Å². The van der Waals surface area contributed by atoms with Gasteiger partial charge in [-0.3, -0.25) is 4.68 Å². The summed E-state index contributed by atoms with van der Waals surface area (Å²) in [4.78, 5) is 4.68. The van der Waals surface area contributed by atoms with Crippen molar-refractivity contribution < 1.29 is 8.42 Å². The molecule has 1 N–H and O–H groups in total. The summed E-state index contributed by atoms with van der Waals surface area (Å²) >= 11 is 1.47. The van der Waals surface area contributed by atoms with Crippen LogP contribution in [0, 0.1) is 13.8 Å². The lowest BCUT2D eigenvalue weighted by atomic mass is 10.3. The molecule has 0 radical (unpaired) electrons. The predicted molar refractivity (Wildman–Crippen MR) is 82.9 cm³/mol. The number of nitrogens with zero attached hydrogens (tertiary/aromatic N) is 3. The standard InChI is InChI=1S/C13H20N4O2S2/c1-6-11-7-20-13(14-11)9(3)16-21(18,19)12-8(2)15-17(5)10(12)4/h7,9,16H,6H2,1-5H3. The van der Waals surface area contributed by atoms with E-state index in [4.69, 9.17) is 0 Å². The first-order valence-electron chi connectivity index (χ1n) is 6.73. The molecular formula is C13H20N4O2S2. The molecule has 1 atom stereocenters. The van der Waals surface area contributed by atoms with Gasteiger partial charge in [0.1, 0.15) is 9.90 Å². The Hall–Kier alpha value is -1.25. The lowest BCUT2D eigenvalue weighted by Crippen LogP contribution is -2.27. The van der Waals surface area contributed by atoms with E-state index in [1.807, 2.05) is 12.3 Å². The van der Waals surface area contributed by atoms with Crippen molar-refractivity contribution in [2.24, 2.45) is 7.05 Å². The van der Waals surface area contributed by atoms with Crippen molar-refractivity contribution in [3.8, 4) is 0 Å². The van der Waals surface area contributed by atoms with Gasteiger partial charge < -0.3 is 0 Å². The van der Waals surface area contributed by atoms with Crippen molar-refractivity contribution in [3.63, 3.8) is 0 Å². The van der Waals surface area contributed by atoms with E-state index in [2.05, 4.69) is 14.8 Å². The van der Waals surface area contributed by atoms with E-state index in [9.17, 15) is 8.42 Å². The van der Waals surface area contributed by atoms with E-state index in [1.165, 1.54) is 11.3 Å². The molecule has 0 aromatic carbocycles. The second kappa shape index (κ2) is 5.86. The zero-order valence-electron chi connectivity index (χ0n) is 12.8. The first kappa shape index (κ1) is 16.1. The maximum atomic E-state index is 12.6. The summed E-state index contributed by atoms with van der Waals surface area (Å²) in [6, 6.07) is -0.362. The average Bonchev–Trinajstić information content (AvgIpc) is 2.95. The Kier molecular flexibility index (Phi) is 4.50. The molecule has 0 bridgehead atoms. The number of thiazole rings is 1. The van der Waals surface area contributed by atoms with E-state index >= 15 is 0 Å². The third-order valence-electron chi connectivity index (χ3n) is 3.35. The minimum absolute atomic E-state index is 0.254. The van der Waals surface area contributed by atoms with Gasteiger partial charge in [-0.1, -0.05) is 6.92 Å². The molecule has 0 saturated heterocycles. The fourth-order valence-electron chi connectivity index (χ4n) is 2.17. The van der Waals surface area contributed by atoms with Crippen LogP contribution >= 0.6 is 11.3 Å². The Balaban J connectivity index is 2.28. The SMILES string of the molecule is CCc1csc(C(C)NS(=O)(=O)c2c(C)nn(C)c2C)n1.